The number of hydrogen-bond acceptors (Lipinski definition) is 4. The van der Waals surface area contributed by atoms with Crippen molar-refractivity contribution < 1.29 is 14.0 Å². The Labute approximate surface area is 157 Å². The molecule has 0 radical (unpaired) electrons. The van der Waals surface area contributed by atoms with E-state index in [4.69, 9.17) is 14.9 Å². The summed E-state index contributed by atoms with van der Waals surface area (Å²) in [6.45, 7) is 7.07. The molecule has 140 valence electrons. The lowest BCUT2D eigenvalue weighted by Crippen LogP contribution is -2.66. The van der Waals surface area contributed by atoms with Crippen molar-refractivity contribution in [2.75, 3.05) is 13.7 Å². The van der Waals surface area contributed by atoms with Gasteiger partial charge < -0.3 is 14.9 Å². The molecule has 0 bridgehead atoms. The van der Waals surface area contributed by atoms with Crippen LogP contribution in [0.15, 0.2) is 60.7 Å². The molecule has 4 nitrogen and oxygen atoms in total. The Kier molecular flexibility index (Phi) is 6.75. The van der Waals surface area contributed by atoms with Gasteiger partial charge >= 0.3 is 5.97 Å². The van der Waals surface area contributed by atoms with Crippen LogP contribution in [0.25, 0.3) is 0 Å². The third kappa shape index (κ3) is 4.23. The first-order chi connectivity index (χ1) is 12.3. The minimum Gasteiger partial charge on any atom is -0.468 e. The molecule has 2 aromatic rings. The highest BCUT2D eigenvalue weighted by atomic mass is 28.4. The van der Waals surface area contributed by atoms with E-state index < -0.39 is 20.3 Å². The summed E-state index contributed by atoms with van der Waals surface area (Å²) < 4.78 is 11.4. The Morgan fingerprint density at radius 3 is 1.85 bits per heavy atom. The van der Waals surface area contributed by atoms with Crippen LogP contribution in [0.2, 0.25) is 5.04 Å². The maximum atomic E-state index is 11.6. The van der Waals surface area contributed by atoms with Crippen molar-refractivity contribution in [3.63, 3.8) is 0 Å². The molecule has 0 aliphatic rings. The van der Waals surface area contributed by atoms with Gasteiger partial charge in [0.15, 0.2) is 0 Å². The van der Waals surface area contributed by atoms with Gasteiger partial charge in [-0.25, -0.2) is 0 Å². The van der Waals surface area contributed by atoms with E-state index in [1.165, 1.54) is 17.5 Å². The molecule has 0 amide bonds. The van der Waals surface area contributed by atoms with E-state index in [0.717, 1.165) is 0 Å². The number of nitrogens with two attached hydrogens (primary N) is 1. The van der Waals surface area contributed by atoms with Crippen LogP contribution in [0, 0.1) is 0 Å². The first-order valence-corrected chi connectivity index (χ1v) is 10.8. The smallest absolute Gasteiger partial charge is 0.322 e. The molecule has 0 spiro atoms. The third-order valence-corrected chi connectivity index (χ3v) is 9.71. The molecule has 5 heteroatoms. The number of methoxy groups -OCH3 is 1. The van der Waals surface area contributed by atoms with E-state index in [0.29, 0.717) is 13.0 Å². The van der Waals surface area contributed by atoms with Crippen LogP contribution in [-0.2, 0) is 14.0 Å². The molecule has 0 heterocycles. The van der Waals surface area contributed by atoms with Crippen molar-refractivity contribution >= 4 is 24.7 Å². The molecule has 0 unspecified atom stereocenters. The summed E-state index contributed by atoms with van der Waals surface area (Å²) in [5.74, 6) is -0.406. The molecular formula is C21H29NO3Si. The number of esters is 1. The van der Waals surface area contributed by atoms with Gasteiger partial charge in [0.2, 0.25) is 0 Å². The van der Waals surface area contributed by atoms with Gasteiger partial charge in [-0.1, -0.05) is 81.4 Å². The number of benzene rings is 2. The van der Waals surface area contributed by atoms with Gasteiger partial charge in [0.1, 0.15) is 6.04 Å². The second kappa shape index (κ2) is 8.62. The van der Waals surface area contributed by atoms with Crippen molar-refractivity contribution in [3.05, 3.63) is 60.7 Å². The van der Waals surface area contributed by atoms with Gasteiger partial charge in [-0.3, -0.25) is 4.79 Å². The maximum Gasteiger partial charge on any atom is 0.322 e. The second-order valence-corrected chi connectivity index (χ2v) is 11.7. The van der Waals surface area contributed by atoms with Gasteiger partial charge in [0.25, 0.3) is 8.32 Å². The van der Waals surface area contributed by atoms with Crippen molar-refractivity contribution in [2.45, 2.75) is 38.3 Å². The molecule has 2 aromatic carbocycles. The van der Waals surface area contributed by atoms with Gasteiger partial charge in [-0.2, -0.15) is 0 Å². The third-order valence-electron chi connectivity index (χ3n) is 4.67. The van der Waals surface area contributed by atoms with Crippen LogP contribution >= 0.6 is 0 Å². The lowest BCUT2D eigenvalue weighted by Gasteiger charge is -2.43. The summed E-state index contributed by atoms with van der Waals surface area (Å²) in [7, 11) is -1.22. The highest BCUT2D eigenvalue weighted by Crippen LogP contribution is 2.36. The van der Waals surface area contributed by atoms with Crippen LogP contribution in [0.3, 0.4) is 0 Å². The Hall–Kier alpha value is -1.95. The minimum atomic E-state index is -2.57. The summed E-state index contributed by atoms with van der Waals surface area (Å²) >= 11 is 0. The summed E-state index contributed by atoms with van der Waals surface area (Å²) in [5.41, 5.74) is 5.90. The molecule has 1 atom stereocenters. The average molecular weight is 372 g/mol. The van der Waals surface area contributed by atoms with E-state index in [1.54, 1.807) is 0 Å². The maximum absolute atomic E-state index is 11.6. The SMILES string of the molecule is COC(=O)[C@@H](N)CCO[Si](c1ccccc1)(c1ccccc1)C(C)(C)C. The van der Waals surface area contributed by atoms with Crippen LogP contribution in [-0.4, -0.2) is 34.0 Å². The summed E-state index contributed by atoms with van der Waals surface area (Å²) in [4.78, 5) is 11.6. The van der Waals surface area contributed by atoms with E-state index in [2.05, 4.69) is 69.3 Å². The van der Waals surface area contributed by atoms with Crippen LogP contribution < -0.4 is 16.1 Å². The normalized spacial score (nSPS) is 13.3. The van der Waals surface area contributed by atoms with Crippen LogP contribution in [0.1, 0.15) is 27.2 Å². The zero-order chi connectivity index (χ0) is 19.2. The van der Waals surface area contributed by atoms with Gasteiger partial charge in [-0.15, -0.1) is 0 Å². The van der Waals surface area contributed by atoms with Gasteiger partial charge in [0.05, 0.1) is 7.11 Å². The molecule has 0 saturated heterocycles. The Morgan fingerprint density at radius 2 is 1.46 bits per heavy atom. The molecular weight excluding hydrogens is 342 g/mol. The van der Waals surface area contributed by atoms with Gasteiger partial charge in [-0.05, 0) is 21.8 Å². The van der Waals surface area contributed by atoms with E-state index in [9.17, 15) is 4.79 Å². The van der Waals surface area contributed by atoms with Crippen molar-refractivity contribution in [1.82, 2.24) is 0 Å². The fraction of sp³-hybridized carbons (Fsp3) is 0.381. The molecule has 2 rings (SSSR count). The van der Waals surface area contributed by atoms with Crippen molar-refractivity contribution in [2.24, 2.45) is 5.73 Å². The highest BCUT2D eigenvalue weighted by Gasteiger charge is 2.50. The number of carbonyl (C=O) groups excluding carboxylic acids is 1. The van der Waals surface area contributed by atoms with Crippen LogP contribution in [0.4, 0.5) is 0 Å². The molecule has 26 heavy (non-hydrogen) atoms. The first-order valence-electron chi connectivity index (χ1n) is 8.91. The second-order valence-electron chi connectivity index (χ2n) is 7.43. The largest absolute Gasteiger partial charge is 0.468 e. The number of hydrogen-bond donors (Lipinski definition) is 1. The Morgan fingerprint density at radius 1 is 1.00 bits per heavy atom. The molecule has 0 aliphatic heterocycles. The Bertz CT molecular complexity index is 659. The van der Waals surface area contributed by atoms with E-state index >= 15 is 0 Å². The molecule has 0 saturated carbocycles. The number of carbonyl (C=O) groups is 1. The minimum absolute atomic E-state index is 0.0922. The van der Waals surface area contributed by atoms with E-state index in [1.807, 2.05) is 12.1 Å². The predicted octanol–water partition coefficient (Wildman–Crippen LogP) is 2.45. The first kappa shape index (κ1) is 20.4. The summed E-state index contributed by atoms with van der Waals surface area (Å²) in [5, 5.41) is 2.33. The topological polar surface area (TPSA) is 61.5 Å². The Balaban J connectivity index is 2.42. The van der Waals surface area contributed by atoms with E-state index in [-0.39, 0.29) is 5.04 Å². The van der Waals surface area contributed by atoms with Crippen molar-refractivity contribution in [1.29, 1.82) is 0 Å². The van der Waals surface area contributed by atoms with Crippen LogP contribution in [0.5, 0.6) is 0 Å². The zero-order valence-corrected chi connectivity index (χ0v) is 17.1. The monoisotopic (exact) mass is 371 g/mol. The quantitative estimate of drug-likeness (QED) is 0.600. The average Bonchev–Trinajstić information content (AvgIpc) is 2.64. The fourth-order valence-corrected chi connectivity index (χ4v) is 7.95. The number of rotatable bonds is 7. The summed E-state index contributed by atoms with van der Waals surface area (Å²) in [6.07, 6.45) is 0.428. The number of ether oxygens (including phenoxy) is 1. The van der Waals surface area contributed by atoms with Gasteiger partial charge in [0, 0.05) is 6.61 Å². The molecule has 2 N–H and O–H groups in total. The lowest BCUT2D eigenvalue weighted by atomic mass is 10.2. The zero-order valence-electron chi connectivity index (χ0n) is 16.1. The molecule has 0 fully saturated rings. The molecule has 0 aromatic heterocycles. The molecule has 0 aliphatic carbocycles. The standard InChI is InChI=1S/C21H29NO3Si/c1-21(2,3)26(17-11-7-5-8-12-17,18-13-9-6-10-14-18)25-16-15-19(22)20(23)24-4/h5-14,19H,15-16,22H2,1-4H3/t19-/m0/s1. The lowest BCUT2D eigenvalue weighted by molar-refractivity contribution is -0.142. The highest BCUT2D eigenvalue weighted by molar-refractivity contribution is 6.99. The van der Waals surface area contributed by atoms with Crippen molar-refractivity contribution in [3.8, 4) is 0 Å². The predicted molar refractivity (Wildman–Crippen MR) is 108 cm³/mol. The summed E-state index contributed by atoms with van der Waals surface area (Å²) in [6, 6.07) is 20.1. The fourth-order valence-electron chi connectivity index (χ4n) is 3.37.